The third-order valence-electron chi connectivity index (χ3n) is 1.38. The summed E-state index contributed by atoms with van der Waals surface area (Å²) in [5.74, 6) is -0.0362. The Kier molecular flexibility index (Phi) is 4.23. The number of nitrogens with one attached hydrogen (secondary N) is 1. The zero-order valence-corrected chi connectivity index (χ0v) is 7.09. The average molecular weight is 155 g/mol. The summed E-state index contributed by atoms with van der Waals surface area (Å²) in [6, 6.07) is 1.61. The lowest BCUT2D eigenvalue weighted by Crippen LogP contribution is -2.32. The van der Waals surface area contributed by atoms with Crippen molar-refractivity contribution >= 4 is 5.91 Å². The number of carbonyl (C=O) groups excluding carboxylic acids is 1. The maximum atomic E-state index is 11.0. The van der Waals surface area contributed by atoms with Crippen LogP contribution < -0.4 is 5.32 Å². The fraction of sp³-hybridized carbons (Fsp3) is 0.714. The van der Waals surface area contributed by atoms with E-state index >= 15 is 0 Å². The zero-order chi connectivity index (χ0) is 8.85. The smallest absolute Gasteiger partial charge is 0.224 e. The van der Waals surface area contributed by atoms with E-state index in [0.29, 0.717) is 0 Å². The minimum atomic E-state index is -0.370. The van der Waals surface area contributed by atoms with Crippen molar-refractivity contribution in [1.82, 2.24) is 10.2 Å². The van der Waals surface area contributed by atoms with Crippen LogP contribution in [0, 0.1) is 11.3 Å². The third-order valence-corrected chi connectivity index (χ3v) is 1.38. The summed E-state index contributed by atoms with van der Waals surface area (Å²) in [7, 11) is 5.01. The predicted molar refractivity (Wildman–Crippen MR) is 41.8 cm³/mol. The van der Waals surface area contributed by atoms with Gasteiger partial charge in [0, 0.05) is 14.1 Å². The summed E-state index contributed by atoms with van der Waals surface area (Å²) in [4.78, 5) is 12.5. The molecule has 0 aromatic heterocycles. The van der Waals surface area contributed by atoms with E-state index in [9.17, 15) is 4.79 Å². The van der Waals surface area contributed by atoms with E-state index < -0.39 is 0 Å². The zero-order valence-electron chi connectivity index (χ0n) is 7.09. The van der Waals surface area contributed by atoms with Gasteiger partial charge in [0.1, 0.15) is 6.04 Å². The summed E-state index contributed by atoms with van der Waals surface area (Å²) in [6.45, 7) is 0. The van der Waals surface area contributed by atoms with Crippen molar-refractivity contribution in [2.45, 2.75) is 12.5 Å². The van der Waals surface area contributed by atoms with Gasteiger partial charge in [-0.2, -0.15) is 5.26 Å². The van der Waals surface area contributed by atoms with Crippen LogP contribution in [0.1, 0.15) is 6.42 Å². The maximum absolute atomic E-state index is 11.0. The van der Waals surface area contributed by atoms with Gasteiger partial charge in [0.25, 0.3) is 0 Å². The van der Waals surface area contributed by atoms with E-state index in [1.54, 1.807) is 21.1 Å². The lowest BCUT2D eigenvalue weighted by atomic mass is 10.2. The van der Waals surface area contributed by atoms with Gasteiger partial charge in [-0.1, -0.05) is 0 Å². The Balaban J connectivity index is 3.84. The molecule has 0 saturated heterocycles. The van der Waals surface area contributed by atoms with Crippen LogP contribution >= 0.6 is 0 Å². The van der Waals surface area contributed by atoms with E-state index in [2.05, 4.69) is 5.32 Å². The van der Waals surface area contributed by atoms with Crippen molar-refractivity contribution in [3.05, 3.63) is 0 Å². The number of nitriles is 1. The second-order valence-corrected chi connectivity index (χ2v) is 2.46. The Morgan fingerprint density at radius 3 is 2.55 bits per heavy atom. The van der Waals surface area contributed by atoms with Gasteiger partial charge in [-0.15, -0.1) is 0 Å². The molecule has 0 aliphatic carbocycles. The number of nitrogens with zero attached hydrogens (tertiary/aromatic N) is 2. The first-order valence-corrected chi connectivity index (χ1v) is 3.38. The minimum Gasteiger partial charge on any atom is -0.349 e. The molecular weight excluding hydrogens is 142 g/mol. The number of carbonyl (C=O) groups is 1. The Hall–Kier alpha value is -1.08. The molecule has 0 aromatic rings. The van der Waals surface area contributed by atoms with Gasteiger partial charge in [-0.3, -0.25) is 4.79 Å². The van der Waals surface area contributed by atoms with Crippen LogP contribution in [0.5, 0.6) is 0 Å². The van der Waals surface area contributed by atoms with Gasteiger partial charge >= 0.3 is 0 Å². The minimum absolute atomic E-state index is 0.0362. The summed E-state index contributed by atoms with van der Waals surface area (Å²) in [6.07, 6.45) is 0.236. The van der Waals surface area contributed by atoms with Crippen LogP contribution in [-0.2, 0) is 4.79 Å². The summed E-state index contributed by atoms with van der Waals surface area (Å²) in [5.41, 5.74) is 0. The van der Waals surface area contributed by atoms with Gasteiger partial charge in [0.2, 0.25) is 5.91 Å². The van der Waals surface area contributed by atoms with Crippen molar-refractivity contribution in [3.8, 4) is 6.07 Å². The van der Waals surface area contributed by atoms with Crippen molar-refractivity contribution in [2.24, 2.45) is 0 Å². The summed E-state index contributed by atoms with van der Waals surface area (Å²) >= 11 is 0. The standard InChI is InChI=1S/C7H13N3O/c1-9-6(5-8)4-7(11)10(2)3/h6,9H,4H2,1-3H3. The van der Waals surface area contributed by atoms with Crippen molar-refractivity contribution in [3.63, 3.8) is 0 Å². The lowest BCUT2D eigenvalue weighted by molar-refractivity contribution is -0.128. The molecule has 1 N–H and O–H groups in total. The maximum Gasteiger partial charge on any atom is 0.224 e. The quantitative estimate of drug-likeness (QED) is 0.602. The van der Waals surface area contributed by atoms with E-state index in [-0.39, 0.29) is 18.4 Å². The van der Waals surface area contributed by atoms with Gasteiger partial charge < -0.3 is 10.2 Å². The van der Waals surface area contributed by atoms with Crippen LogP contribution in [-0.4, -0.2) is 38.0 Å². The normalized spacial score (nSPS) is 11.8. The highest BCUT2D eigenvalue weighted by Crippen LogP contribution is 1.92. The highest BCUT2D eigenvalue weighted by molar-refractivity contribution is 5.76. The van der Waals surface area contributed by atoms with Crippen LogP contribution in [0.4, 0.5) is 0 Å². The number of rotatable bonds is 3. The predicted octanol–water partition coefficient (Wildman–Crippen LogP) is -0.424. The molecule has 1 amide bonds. The van der Waals surface area contributed by atoms with Gasteiger partial charge in [0.15, 0.2) is 0 Å². The van der Waals surface area contributed by atoms with Crippen LogP contribution in [0.25, 0.3) is 0 Å². The second kappa shape index (κ2) is 4.69. The highest BCUT2D eigenvalue weighted by atomic mass is 16.2. The molecule has 1 unspecified atom stereocenters. The van der Waals surface area contributed by atoms with Crippen LogP contribution in [0.2, 0.25) is 0 Å². The SMILES string of the molecule is CNC(C#N)CC(=O)N(C)C. The molecule has 11 heavy (non-hydrogen) atoms. The first-order valence-electron chi connectivity index (χ1n) is 3.38. The Labute approximate surface area is 66.8 Å². The van der Waals surface area contributed by atoms with Gasteiger partial charge in [-0.25, -0.2) is 0 Å². The average Bonchev–Trinajstić information content (AvgIpc) is 1.99. The summed E-state index contributed by atoms with van der Waals surface area (Å²) in [5, 5.41) is 11.2. The van der Waals surface area contributed by atoms with Crippen molar-refractivity contribution < 1.29 is 4.79 Å². The molecule has 0 bridgehead atoms. The molecule has 0 radical (unpaired) electrons. The first kappa shape index (κ1) is 9.92. The monoisotopic (exact) mass is 155 g/mol. The highest BCUT2D eigenvalue weighted by Gasteiger charge is 2.11. The molecule has 0 heterocycles. The Morgan fingerprint density at radius 2 is 2.27 bits per heavy atom. The van der Waals surface area contributed by atoms with Crippen LogP contribution in [0.3, 0.4) is 0 Å². The molecule has 0 aliphatic heterocycles. The van der Waals surface area contributed by atoms with E-state index in [1.807, 2.05) is 6.07 Å². The van der Waals surface area contributed by atoms with E-state index in [0.717, 1.165) is 0 Å². The van der Waals surface area contributed by atoms with Gasteiger partial charge in [-0.05, 0) is 7.05 Å². The molecular formula is C7H13N3O. The number of amides is 1. The molecule has 0 aromatic carbocycles. The van der Waals surface area contributed by atoms with Crippen molar-refractivity contribution in [2.75, 3.05) is 21.1 Å². The molecule has 0 aliphatic rings. The van der Waals surface area contributed by atoms with E-state index in [4.69, 9.17) is 5.26 Å². The largest absolute Gasteiger partial charge is 0.349 e. The molecule has 4 nitrogen and oxygen atoms in total. The topological polar surface area (TPSA) is 56.1 Å². The molecule has 1 atom stereocenters. The Morgan fingerprint density at radius 1 is 1.73 bits per heavy atom. The first-order chi connectivity index (χ1) is 5.11. The molecule has 0 rings (SSSR count). The van der Waals surface area contributed by atoms with Crippen molar-refractivity contribution in [1.29, 1.82) is 5.26 Å². The van der Waals surface area contributed by atoms with Crippen LogP contribution in [0.15, 0.2) is 0 Å². The molecule has 0 saturated carbocycles. The fourth-order valence-corrected chi connectivity index (χ4v) is 0.569. The third kappa shape index (κ3) is 3.58. The fourth-order valence-electron chi connectivity index (χ4n) is 0.569. The number of hydrogen-bond donors (Lipinski definition) is 1. The van der Waals surface area contributed by atoms with Gasteiger partial charge in [0.05, 0.1) is 12.5 Å². The lowest BCUT2D eigenvalue weighted by Gasteiger charge is -2.12. The molecule has 0 fully saturated rings. The molecule has 62 valence electrons. The summed E-state index contributed by atoms with van der Waals surface area (Å²) < 4.78 is 0. The number of hydrogen-bond acceptors (Lipinski definition) is 3. The van der Waals surface area contributed by atoms with E-state index in [1.165, 1.54) is 4.90 Å². The second-order valence-electron chi connectivity index (χ2n) is 2.46. The molecule has 4 heteroatoms. The molecule has 0 spiro atoms. The Bertz CT molecular complexity index is 171.